The molecular formula is C33H35Cl2N5S. The van der Waals surface area contributed by atoms with Crippen LogP contribution in [0.5, 0.6) is 0 Å². The second-order valence-electron chi connectivity index (χ2n) is 11.3. The minimum Gasteiger partial charge on any atom is -0.370 e. The summed E-state index contributed by atoms with van der Waals surface area (Å²) in [5, 5.41) is 5.74. The molecule has 2 aliphatic heterocycles. The second-order valence-corrected chi connectivity index (χ2v) is 12.6. The summed E-state index contributed by atoms with van der Waals surface area (Å²) in [7, 11) is 0. The molecule has 4 aromatic rings. The van der Waals surface area contributed by atoms with Gasteiger partial charge in [-0.05, 0) is 106 Å². The molecule has 1 N–H and O–H groups in total. The van der Waals surface area contributed by atoms with Gasteiger partial charge in [-0.1, -0.05) is 42.3 Å². The van der Waals surface area contributed by atoms with E-state index in [0.29, 0.717) is 10.1 Å². The van der Waals surface area contributed by atoms with E-state index in [4.69, 9.17) is 40.4 Å². The number of halogens is 2. The van der Waals surface area contributed by atoms with Gasteiger partial charge in [0.25, 0.3) is 0 Å². The van der Waals surface area contributed by atoms with Crippen molar-refractivity contribution < 1.29 is 0 Å². The lowest BCUT2D eigenvalue weighted by atomic mass is 9.93. The number of hydrogen-bond donors (Lipinski definition) is 1. The minimum atomic E-state index is -0.141. The summed E-state index contributed by atoms with van der Waals surface area (Å²) >= 11 is 19.5. The van der Waals surface area contributed by atoms with Crippen LogP contribution in [0.3, 0.4) is 0 Å². The average molecular weight is 605 g/mol. The maximum Gasteiger partial charge on any atom is 0.174 e. The number of anilines is 2. The van der Waals surface area contributed by atoms with Crippen LogP contribution in [0, 0.1) is 26.7 Å². The predicted molar refractivity (Wildman–Crippen MR) is 175 cm³/mol. The molecule has 0 radical (unpaired) electrons. The lowest BCUT2D eigenvalue weighted by Crippen LogP contribution is -2.33. The van der Waals surface area contributed by atoms with Crippen molar-refractivity contribution in [3.8, 4) is 5.69 Å². The van der Waals surface area contributed by atoms with Crippen LogP contribution >= 0.6 is 35.4 Å². The number of piperidine rings is 1. The minimum absolute atomic E-state index is 0.130. The Morgan fingerprint density at radius 1 is 0.902 bits per heavy atom. The number of nitrogens with one attached hydrogen (secondary N) is 1. The van der Waals surface area contributed by atoms with Gasteiger partial charge in [0.15, 0.2) is 5.11 Å². The lowest BCUT2D eigenvalue weighted by Gasteiger charge is -2.33. The molecule has 8 heteroatoms. The van der Waals surface area contributed by atoms with E-state index in [-0.39, 0.29) is 12.1 Å². The first-order chi connectivity index (χ1) is 19.7. The molecular weight excluding hydrogens is 569 g/mol. The number of aromatic nitrogens is 2. The maximum atomic E-state index is 7.00. The number of pyridine rings is 1. The third kappa shape index (κ3) is 5.11. The molecule has 0 spiro atoms. The highest BCUT2D eigenvalue weighted by atomic mass is 35.5. The number of hydrogen-bond acceptors (Lipinski definition) is 3. The SMILES string of the molecule is Cc1c([C@H]2[C@@H](c3ccccn3)NC(=S)N2c2ccc(N3CCC(C)CC3)c(Cl)c2)c(C)n(-c2cccc(Cl)c2)c1C. The summed E-state index contributed by atoms with van der Waals surface area (Å²) < 4.78 is 2.29. The van der Waals surface area contributed by atoms with Crippen molar-refractivity contribution in [2.45, 2.75) is 52.6 Å². The first-order valence-electron chi connectivity index (χ1n) is 14.2. The van der Waals surface area contributed by atoms with Gasteiger partial charge in [-0.25, -0.2) is 0 Å². The van der Waals surface area contributed by atoms with Gasteiger partial charge in [0, 0.05) is 52.6 Å². The summed E-state index contributed by atoms with van der Waals surface area (Å²) in [4.78, 5) is 9.38. The molecule has 2 fully saturated rings. The molecule has 4 heterocycles. The van der Waals surface area contributed by atoms with Gasteiger partial charge in [-0.2, -0.15) is 0 Å². The van der Waals surface area contributed by atoms with Crippen LogP contribution < -0.4 is 15.1 Å². The molecule has 5 nitrogen and oxygen atoms in total. The van der Waals surface area contributed by atoms with Gasteiger partial charge in [0.2, 0.25) is 0 Å². The molecule has 0 aliphatic carbocycles. The first kappa shape index (κ1) is 28.1. The second kappa shape index (κ2) is 11.3. The molecule has 0 unspecified atom stereocenters. The summed E-state index contributed by atoms with van der Waals surface area (Å²) in [5.41, 5.74) is 8.80. The number of rotatable bonds is 5. The highest BCUT2D eigenvalue weighted by Crippen LogP contribution is 2.46. The van der Waals surface area contributed by atoms with Crippen molar-refractivity contribution in [2.75, 3.05) is 22.9 Å². The number of benzene rings is 2. The standard InChI is InChI=1S/C33H35Cl2N5S/c1-20-13-16-38(17-14-20)29-12-11-26(19-27(29)35)40-32(31(37-33(40)41)28-10-5-6-15-36-28)30-21(2)22(3)39(23(30)4)25-9-7-8-24(34)18-25/h5-12,15,18-20,31-32H,13-14,16-17H2,1-4H3,(H,37,41)/t31-,32+/m1/s1. The molecule has 2 aliphatic rings. The Bertz CT molecular complexity index is 1590. The van der Waals surface area contributed by atoms with Crippen molar-refractivity contribution in [2.24, 2.45) is 5.92 Å². The van der Waals surface area contributed by atoms with Crippen molar-refractivity contribution in [3.05, 3.63) is 105 Å². The molecule has 0 bridgehead atoms. The highest BCUT2D eigenvalue weighted by molar-refractivity contribution is 7.80. The fourth-order valence-corrected chi connectivity index (χ4v) is 7.35. The van der Waals surface area contributed by atoms with Gasteiger partial charge in [0.05, 0.1) is 28.5 Å². The fourth-order valence-electron chi connectivity index (χ4n) is 6.52. The lowest BCUT2D eigenvalue weighted by molar-refractivity contribution is 0.438. The Hall–Kier alpha value is -3.06. The zero-order chi connectivity index (χ0) is 28.8. The van der Waals surface area contributed by atoms with Crippen LogP contribution in [0.1, 0.15) is 60.1 Å². The van der Waals surface area contributed by atoms with E-state index in [0.717, 1.165) is 52.5 Å². The molecule has 0 saturated carbocycles. The van der Waals surface area contributed by atoms with Crippen molar-refractivity contribution in [3.63, 3.8) is 0 Å². The van der Waals surface area contributed by atoms with E-state index in [1.807, 2.05) is 36.5 Å². The zero-order valence-corrected chi connectivity index (χ0v) is 26.2. The maximum absolute atomic E-state index is 7.00. The van der Waals surface area contributed by atoms with Gasteiger partial charge >= 0.3 is 0 Å². The Kier molecular flexibility index (Phi) is 7.75. The highest BCUT2D eigenvalue weighted by Gasteiger charge is 2.43. The number of nitrogens with zero attached hydrogens (tertiary/aromatic N) is 4. The summed E-state index contributed by atoms with van der Waals surface area (Å²) in [6.07, 6.45) is 4.22. The van der Waals surface area contributed by atoms with Gasteiger partial charge in [-0.15, -0.1) is 0 Å². The molecule has 2 saturated heterocycles. The van der Waals surface area contributed by atoms with Gasteiger partial charge in [-0.3, -0.25) is 4.98 Å². The average Bonchev–Trinajstić information content (AvgIpc) is 3.41. The van der Waals surface area contributed by atoms with Crippen LogP contribution in [-0.4, -0.2) is 27.8 Å². The third-order valence-electron chi connectivity index (χ3n) is 8.80. The predicted octanol–water partition coefficient (Wildman–Crippen LogP) is 8.52. The smallest absolute Gasteiger partial charge is 0.174 e. The van der Waals surface area contributed by atoms with E-state index in [2.05, 4.69) is 77.7 Å². The van der Waals surface area contributed by atoms with Crippen molar-refractivity contribution in [1.82, 2.24) is 14.9 Å². The topological polar surface area (TPSA) is 36.3 Å². The number of thiocarbonyl (C=S) groups is 1. The monoisotopic (exact) mass is 603 g/mol. The van der Waals surface area contributed by atoms with E-state index < -0.39 is 0 Å². The first-order valence-corrected chi connectivity index (χ1v) is 15.4. The van der Waals surface area contributed by atoms with Crippen LogP contribution in [0.15, 0.2) is 66.9 Å². The van der Waals surface area contributed by atoms with Crippen LogP contribution in [0.25, 0.3) is 5.69 Å². The summed E-state index contributed by atoms with van der Waals surface area (Å²) in [6, 6.07) is 20.2. The van der Waals surface area contributed by atoms with E-state index in [1.54, 1.807) is 0 Å². The van der Waals surface area contributed by atoms with E-state index >= 15 is 0 Å². The van der Waals surface area contributed by atoms with E-state index in [1.165, 1.54) is 29.7 Å². The van der Waals surface area contributed by atoms with Crippen molar-refractivity contribution >= 4 is 51.9 Å². The normalized spacial score (nSPS) is 19.6. The molecule has 2 atom stereocenters. The molecule has 6 rings (SSSR count). The van der Waals surface area contributed by atoms with Gasteiger partial charge in [0.1, 0.15) is 0 Å². The Balaban J connectivity index is 1.47. The summed E-state index contributed by atoms with van der Waals surface area (Å²) in [5.74, 6) is 0.760. The summed E-state index contributed by atoms with van der Waals surface area (Å²) in [6.45, 7) is 10.9. The fraction of sp³-hybridized carbons (Fsp3) is 0.333. The van der Waals surface area contributed by atoms with Crippen LogP contribution in [0.4, 0.5) is 11.4 Å². The molecule has 41 heavy (non-hydrogen) atoms. The molecule has 2 aromatic carbocycles. The van der Waals surface area contributed by atoms with E-state index in [9.17, 15) is 0 Å². The Morgan fingerprint density at radius 2 is 1.68 bits per heavy atom. The quantitative estimate of drug-likeness (QED) is 0.231. The Labute approximate surface area is 258 Å². The van der Waals surface area contributed by atoms with Crippen molar-refractivity contribution in [1.29, 1.82) is 0 Å². The molecule has 212 valence electrons. The molecule has 2 aromatic heterocycles. The Morgan fingerprint density at radius 3 is 2.37 bits per heavy atom. The van der Waals surface area contributed by atoms with Gasteiger partial charge < -0.3 is 19.7 Å². The van der Waals surface area contributed by atoms with Crippen LogP contribution in [0.2, 0.25) is 10.0 Å². The van der Waals surface area contributed by atoms with Crippen LogP contribution in [-0.2, 0) is 0 Å². The zero-order valence-electron chi connectivity index (χ0n) is 23.9. The largest absolute Gasteiger partial charge is 0.370 e. The molecule has 0 amide bonds. The third-order valence-corrected chi connectivity index (χ3v) is 9.65.